The van der Waals surface area contributed by atoms with Gasteiger partial charge in [-0.05, 0) is 25.3 Å². The summed E-state index contributed by atoms with van der Waals surface area (Å²) in [6, 6.07) is 3.87. The molecule has 21 heavy (non-hydrogen) atoms. The fraction of sp³-hybridized carbons (Fsp3) is 0.467. The molecule has 0 unspecified atom stereocenters. The van der Waals surface area contributed by atoms with Crippen LogP contribution in [-0.2, 0) is 9.53 Å². The maximum absolute atomic E-state index is 11.7. The molecule has 3 rings (SSSR count). The van der Waals surface area contributed by atoms with Crippen LogP contribution in [0.1, 0.15) is 5.56 Å². The number of anilines is 1. The number of piperazine rings is 1. The van der Waals surface area contributed by atoms with Gasteiger partial charge in [0.1, 0.15) is 18.1 Å². The maximum atomic E-state index is 11.7. The molecule has 2 saturated heterocycles. The lowest BCUT2D eigenvalue weighted by molar-refractivity contribution is -0.141. The smallest absolute Gasteiger partial charge is 0.354 e. The summed E-state index contributed by atoms with van der Waals surface area (Å²) < 4.78 is 5.05. The van der Waals surface area contributed by atoms with Gasteiger partial charge in [-0.15, -0.1) is 0 Å². The van der Waals surface area contributed by atoms with E-state index in [1.165, 1.54) is 0 Å². The standard InChI is InChI=1S/C15H20N4O2/c1-18-6-8-19(9-7-18)14-12(3-2-4-17-14)11-13-15(20)21-10-5-16-13/h2-4,11,16H,5-10H2,1H3. The molecular formula is C15H20N4O2. The zero-order valence-corrected chi connectivity index (χ0v) is 12.2. The Morgan fingerprint density at radius 3 is 2.90 bits per heavy atom. The van der Waals surface area contributed by atoms with Crippen LogP contribution in [0.15, 0.2) is 24.0 Å². The topological polar surface area (TPSA) is 57.7 Å². The summed E-state index contributed by atoms with van der Waals surface area (Å²) in [5.74, 6) is 0.632. The highest BCUT2D eigenvalue weighted by Crippen LogP contribution is 2.21. The first kappa shape index (κ1) is 13.9. The Bertz CT molecular complexity index is 550. The molecule has 2 aliphatic rings. The minimum Gasteiger partial charge on any atom is -0.459 e. The van der Waals surface area contributed by atoms with Gasteiger partial charge in [-0.2, -0.15) is 0 Å². The lowest BCUT2D eigenvalue weighted by Gasteiger charge is -2.34. The van der Waals surface area contributed by atoms with E-state index < -0.39 is 0 Å². The highest BCUT2D eigenvalue weighted by atomic mass is 16.5. The summed E-state index contributed by atoms with van der Waals surface area (Å²) in [7, 11) is 2.13. The zero-order chi connectivity index (χ0) is 14.7. The molecule has 1 N–H and O–H groups in total. The third-order valence-electron chi connectivity index (χ3n) is 3.79. The van der Waals surface area contributed by atoms with Crippen LogP contribution >= 0.6 is 0 Å². The van der Waals surface area contributed by atoms with E-state index in [1.54, 1.807) is 6.20 Å². The van der Waals surface area contributed by atoms with Crippen LogP contribution in [0.2, 0.25) is 0 Å². The van der Waals surface area contributed by atoms with E-state index in [0.29, 0.717) is 18.8 Å². The van der Waals surface area contributed by atoms with Crippen molar-refractivity contribution in [3.63, 3.8) is 0 Å². The van der Waals surface area contributed by atoms with E-state index in [4.69, 9.17) is 4.74 Å². The van der Waals surface area contributed by atoms with Gasteiger partial charge in [-0.25, -0.2) is 9.78 Å². The second kappa shape index (κ2) is 6.13. The number of cyclic esters (lactones) is 1. The molecule has 1 aromatic heterocycles. The third-order valence-corrected chi connectivity index (χ3v) is 3.79. The number of aromatic nitrogens is 1. The molecule has 3 heterocycles. The van der Waals surface area contributed by atoms with Crippen molar-refractivity contribution in [2.75, 3.05) is 51.3 Å². The molecule has 0 aromatic carbocycles. The number of nitrogens with one attached hydrogen (secondary N) is 1. The fourth-order valence-electron chi connectivity index (χ4n) is 2.55. The lowest BCUT2D eigenvalue weighted by Crippen LogP contribution is -2.45. The lowest BCUT2D eigenvalue weighted by atomic mass is 10.2. The summed E-state index contributed by atoms with van der Waals surface area (Å²) in [5, 5.41) is 3.09. The van der Waals surface area contributed by atoms with Gasteiger partial charge in [0.25, 0.3) is 0 Å². The molecule has 112 valence electrons. The SMILES string of the molecule is CN1CCN(c2ncccc2C=C2NCCOC2=O)CC1. The highest BCUT2D eigenvalue weighted by molar-refractivity contribution is 5.94. The Kier molecular flexibility index (Phi) is 4.06. The van der Waals surface area contributed by atoms with Crippen molar-refractivity contribution >= 4 is 17.9 Å². The second-order valence-corrected chi connectivity index (χ2v) is 5.33. The zero-order valence-electron chi connectivity index (χ0n) is 12.2. The number of likely N-dealkylation sites (N-methyl/N-ethyl adjacent to an activating group) is 1. The molecule has 0 saturated carbocycles. The van der Waals surface area contributed by atoms with Crippen molar-refractivity contribution in [3.05, 3.63) is 29.6 Å². The summed E-state index contributed by atoms with van der Waals surface area (Å²) in [4.78, 5) is 20.8. The summed E-state index contributed by atoms with van der Waals surface area (Å²) in [5.41, 5.74) is 1.45. The van der Waals surface area contributed by atoms with E-state index in [2.05, 4.69) is 27.1 Å². The van der Waals surface area contributed by atoms with Crippen LogP contribution in [0.4, 0.5) is 5.82 Å². The molecule has 2 aliphatic heterocycles. The number of rotatable bonds is 2. The maximum Gasteiger partial charge on any atom is 0.354 e. The first-order valence-electron chi connectivity index (χ1n) is 7.25. The van der Waals surface area contributed by atoms with Crippen molar-refractivity contribution in [1.82, 2.24) is 15.2 Å². The molecular weight excluding hydrogens is 268 g/mol. The number of hydrogen-bond acceptors (Lipinski definition) is 6. The second-order valence-electron chi connectivity index (χ2n) is 5.33. The molecule has 0 spiro atoms. The molecule has 0 aliphatic carbocycles. The average Bonchev–Trinajstić information content (AvgIpc) is 2.51. The number of pyridine rings is 1. The number of morpholine rings is 1. The van der Waals surface area contributed by atoms with E-state index in [-0.39, 0.29) is 5.97 Å². The number of esters is 1. The quantitative estimate of drug-likeness (QED) is 0.625. The van der Waals surface area contributed by atoms with Crippen LogP contribution in [0.5, 0.6) is 0 Å². The van der Waals surface area contributed by atoms with Crippen LogP contribution in [-0.4, -0.2) is 62.2 Å². The van der Waals surface area contributed by atoms with Crippen molar-refractivity contribution in [3.8, 4) is 0 Å². The normalized spacial score (nSPS) is 22.0. The van der Waals surface area contributed by atoms with Crippen LogP contribution in [0.25, 0.3) is 6.08 Å². The van der Waals surface area contributed by atoms with Gasteiger partial charge < -0.3 is 19.9 Å². The Balaban J connectivity index is 1.85. The molecule has 0 atom stereocenters. The minimum absolute atomic E-state index is 0.297. The van der Waals surface area contributed by atoms with Gasteiger partial charge in [-0.3, -0.25) is 0 Å². The number of carbonyl (C=O) groups is 1. The van der Waals surface area contributed by atoms with Gasteiger partial charge in [-0.1, -0.05) is 0 Å². The van der Waals surface area contributed by atoms with Crippen LogP contribution in [0, 0.1) is 0 Å². The largest absolute Gasteiger partial charge is 0.459 e. The van der Waals surface area contributed by atoms with Crippen LogP contribution < -0.4 is 10.2 Å². The Morgan fingerprint density at radius 2 is 2.14 bits per heavy atom. The first-order valence-corrected chi connectivity index (χ1v) is 7.25. The highest BCUT2D eigenvalue weighted by Gasteiger charge is 2.20. The van der Waals surface area contributed by atoms with E-state index in [9.17, 15) is 4.79 Å². The van der Waals surface area contributed by atoms with Gasteiger partial charge in [0, 0.05) is 44.5 Å². The van der Waals surface area contributed by atoms with Crippen molar-refractivity contribution < 1.29 is 9.53 Å². The van der Waals surface area contributed by atoms with E-state index >= 15 is 0 Å². The Hall–Kier alpha value is -2.08. The van der Waals surface area contributed by atoms with E-state index in [0.717, 1.165) is 37.6 Å². The molecule has 0 amide bonds. The Morgan fingerprint density at radius 1 is 1.33 bits per heavy atom. The van der Waals surface area contributed by atoms with E-state index in [1.807, 2.05) is 18.2 Å². The molecule has 1 aromatic rings. The average molecular weight is 288 g/mol. The predicted octanol–water partition coefficient (Wildman–Crippen LogP) is 0.321. The molecule has 2 fully saturated rings. The van der Waals surface area contributed by atoms with Crippen molar-refractivity contribution in [2.24, 2.45) is 0 Å². The molecule has 0 bridgehead atoms. The number of nitrogens with zero attached hydrogens (tertiary/aromatic N) is 3. The number of hydrogen-bond donors (Lipinski definition) is 1. The number of carbonyl (C=O) groups excluding carboxylic acids is 1. The first-order chi connectivity index (χ1) is 10.2. The van der Waals surface area contributed by atoms with Gasteiger partial charge in [0.05, 0.1) is 0 Å². The summed E-state index contributed by atoms with van der Waals surface area (Å²) in [6.45, 7) is 5.01. The van der Waals surface area contributed by atoms with Crippen molar-refractivity contribution in [1.29, 1.82) is 0 Å². The minimum atomic E-state index is -0.297. The molecule has 6 heteroatoms. The molecule has 6 nitrogen and oxygen atoms in total. The van der Waals surface area contributed by atoms with Crippen molar-refractivity contribution in [2.45, 2.75) is 0 Å². The predicted molar refractivity (Wildman–Crippen MR) is 80.9 cm³/mol. The van der Waals surface area contributed by atoms with Crippen LogP contribution in [0.3, 0.4) is 0 Å². The van der Waals surface area contributed by atoms with Gasteiger partial charge in [0.15, 0.2) is 0 Å². The summed E-state index contributed by atoms with van der Waals surface area (Å²) >= 11 is 0. The molecule has 0 radical (unpaired) electrons. The van der Waals surface area contributed by atoms with Gasteiger partial charge in [0.2, 0.25) is 0 Å². The summed E-state index contributed by atoms with van der Waals surface area (Å²) in [6.07, 6.45) is 3.63. The fourth-order valence-corrected chi connectivity index (χ4v) is 2.55. The number of ether oxygens (including phenoxy) is 1. The third kappa shape index (κ3) is 3.16. The van der Waals surface area contributed by atoms with Gasteiger partial charge >= 0.3 is 5.97 Å². The Labute approximate surface area is 124 Å². The monoisotopic (exact) mass is 288 g/mol.